The lowest BCUT2D eigenvalue weighted by Gasteiger charge is -2.32. The molecular formula is C34H38ClFN4O4S. The number of benzene rings is 4. The quantitative estimate of drug-likeness (QED) is 0.166. The summed E-state index contributed by atoms with van der Waals surface area (Å²) < 4.78 is 44.3. The average Bonchev–Trinajstić information content (AvgIpc) is 3.00. The minimum absolute atomic E-state index is 0. The van der Waals surface area contributed by atoms with E-state index in [0.29, 0.717) is 41.0 Å². The van der Waals surface area contributed by atoms with Gasteiger partial charge in [0.1, 0.15) is 17.3 Å². The van der Waals surface area contributed by atoms with Crippen LogP contribution in [0.5, 0.6) is 11.5 Å². The maximum absolute atomic E-state index is 13.2. The average molecular weight is 653 g/mol. The molecule has 0 radical (unpaired) electrons. The number of sulfonamides is 1. The molecule has 1 heterocycles. The molecule has 0 aromatic heterocycles. The Bertz CT molecular complexity index is 1680. The zero-order chi connectivity index (χ0) is 31.1. The van der Waals surface area contributed by atoms with Gasteiger partial charge < -0.3 is 15.4 Å². The summed E-state index contributed by atoms with van der Waals surface area (Å²) in [4.78, 5) is 15.3. The van der Waals surface area contributed by atoms with Gasteiger partial charge in [0.15, 0.2) is 0 Å². The van der Waals surface area contributed by atoms with E-state index in [0.717, 1.165) is 49.9 Å². The molecule has 0 aliphatic carbocycles. The third-order valence-electron chi connectivity index (χ3n) is 7.68. The van der Waals surface area contributed by atoms with Crippen molar-refractivity contribution in [2.24, 2.45) is 0 Å². The molecule has 1 aliphatic heterocycles. The standard InChI is InChI=1S/C34H37FN4O4S.ClH/c1-24-26(4-3-5-33(24)34(40)37-29-10-8-27(35)9-11-29)22-36-28-18-20-39(21-19-28)23-25-6-14-31(15-7-25)43-32-16-12-30(13-17-32)38-44(2,41)42;/h3-17,28,36,38H,18-23H2,1-2H3,(H,37,40);1H. The zero-order valence-electron chi connectivity index (χ0n) is 25.3. The highest BCUT2D eigenvalue weighted by atomic mass is 35.5. The molecule has 0 unspecified atom stereocenters. The van der Waals surface area contributed by atoms with E-state index in [4.69, 9.17) is 4.74 Å². The molecule has 0 atom stereocenters. The minimum atomic E-state index is -3.32. The van der Waals surface area contributed by atoms with Crippen molar-refractivity contribution in [1.82, 2.24) is 10.2 Å². The van der Waals surface area contributed by atoms with Crippen molar-refractivity contribution >= 4 is 39.7 Å². The molecule has 3 N–H and O–H groups in total. The molecule has 4 aromatic carbocycles. The molecule has 8 nitrogen and oxygen atoms in total. The van der Waals surface area contributed by atoms with E-state index in [2.05, 4.69) is 32.4 Å². The molecule has 5 rings (SSSR count). The van der Waals surface area contributed by atoms with Crippen LogP contribution in [0.3, 0.4) is 0 Å². The van der Waals surface area contributed by atoms with E-state index in [1.54, 1.807) is 36.4 Å². The van der Waals surface area contributed by atoms with Gasteiger partial charge in [-0.2, -0.15) is 0 Å². The highest BCUT2D eigenvalue weighted by Crippen LogP contribution is 2.25. The molecule has 238 valence electrons. The van der Waals surface area contributed by atoms with Crippen molar-refractivity contribution in [3.63, 3.8) is 0 Å². The summed E-state index contributed by atoms with van der Waals surface area (Å²) in [6.07, 6.45) is 3.19. The summed E-state index contributed by atoms with van der Waals surface area (Å²) in [5.41, 5.74) is 4.89. The Morgan fingerprint density at radius 2 is 1.49 bits per heavy atom. The number of carbonyl (C=O) groups is 1. The van der Waals surface area contributed by atoms with Gasteiger partial charge in [0.25, 0.3) is 5.91 Å². The molecule has 1 fully saturated rings. The summed E-state index contributed by atoms with van der Waals surface area (Å²) in [5, 5.41) is 6.53. The van der Waals surface area contributed by atoms with Gasteiger partial charge in [0, 0.05) is 36.1 Å². The number of hydrogen-bond acceptors (Lipinski definition) is 6. The predicted octanol–water partition coefficient (Wildman–Crippen LogP) is 6.73. The summed E-state index contributed by atoms with van der Waals surface area (Å²) in [7, 11) is -3.32. The second-order valence-electron chi connectivity index (χ2n) is 11.1. The number of ether oxygens (including phenoxy) is 1. The fourth-order valence-corrected chi connectivity index (χ4v) is 5.83. The molecule has 1 amide bonds. The lowest BCUT2D eigenvalue weighted by Crippen LogP contribution is -2.41. The van der Waals surface area contributed by atoms with Crippen molar-refractivity contribution < 1.29 is 22.3 Å². The van der Waals surface area contributed by atoms with Gasteiger partial charge >= 0.3 is 0 Å². The summed E-state index contributed by atoms with van der Waals surface area (Å²) >= 11 is 0. The first-order chi connectivity index (χ1) is 21.1. The van der Waals surface area contributed by atoms with Gasteiger partial charge in [0.2, 0.25) is 10.0 Å². The van der Waals surface area contributed by atoms with Crippen LogP contribution in [0.25, 0.3) is 0 Å². The van der Waals surface area contributed by atoms with Gasteiger partial charge in [-0.15, -0.1) is 12.4 Å². The number of rotatable bonds is 11. The van der Waals surface area contributed by atoms with Crippen LogP contribution in [-0.2, 0) is 23.1 Å². The van der Waals surface area contributed by atoms with Gasteiger partial charge in [0.05, 0.1) is 6.26 Å². The zero-order valence-corrected chi connectivity index (χ0v) is 26.9. The van der Waals surface area contributed by atoms with Gasteiger partial charge in [-0.25, -0.2) is 12.8 Å². The van der Waals surface area contributed by atoms with Crippen molar-refractivity contribution in [3.05, 3.63) is 119 Å². The predicted molar refractivity (Wildman–Crippen MR) is 179 cm³/mol. The first-order valence-electron chi connectivity index (χ1n) is 14.6. The van der Waals surface area contributed by atoms with Crippen LogP contribution in [0.2, 0.25) is 0 Å². The summed E-state index contributed by atoms with van der Waals surface area (Å²) in [5.74, 6) is 0.794. The molecule has 45 heavy (non-hydrogen) atoms. The molecule has 0 saturated carbocycles. The number of amides is 1. The van der Waals surface area contributed by atoms with Gasteiger partial charge in [-0.3, -0.25) is 14.4 Å². The van der Waals surface area contributed by atoms with Crippen molar-refractivity contribution in [2.75, 3.05) is 29.4 Å². The van der Waals surface area contributed by atoms with E-state index >= 15 is 0 Å². The van der Waals surface area contributed by atoms with Crippen LogP contribution in [0.4, 0.5) is 15.8 Å². The second kappa shape index (κ2) is 15.4. The lowest BCUT2D eigenvalue weighted by atomic mass is 10.00. The largest absolute Gasteiger partial charge is 0.457 e. The van der Waals surface area contributed by atoms with E-state index < -0.39 is 10.0 Å². The molecule has 1 saturated heterocycles. The number of halogens is 2. The van der Waals surface area contributed by atoms with Crippen LogP contribution < -0.4 is 20.1 Å². The number of carbonyl (C=O) groups excluding carboxylic acids is 1. The monoisotopic (exact) mass is 652 g/mol. The van der Waals surface area contributed by atoms with Crippen LogP contribution in [-0.4, -0.2) is 44.6 Å². The second-order valence-corrected chi connectivity index (χ2v) is 12.9. The fourth-order valence-electron chi connectivity index (χ4n) is 5.26. The molecule has 1 aliphatic rings. The molecule has 0 bridgehead atoms. The number of hydrogen-bond donors (Lipinski definition) is 3. The topological polar surface area (TPSA) is 99.8 Å². The maximum atomic E-state index is 13.2. The SMILES string of the molecule is Cc1c(CNC2CCN(Cc3ccc(Oc4ccc(NS(C)(=O)=O)cc4)cc3)CC2)cccc1C(=O)Nc1ccc(F)cc1.Cl. The molecule has 4 aromatic rings. The van der Waals surface area contributed by atoms with Gasteiger partial charge in [-0.05, 0) is 116 Å². The Morgan fingerprint density at radius 1 is 0.889 bits per heavy atom. The van der Waals surface area contributed by atoms with Gasteiger partial charge in [-0.1, -0.05) is 24.3 Å². The number of likely N-dealkylation sites (tertiary alicyclic amines) is 1. The number of nitrogens with zero attached hydrogens (tertiary/aromatic N) is 1. The van der Waals surface area contributed by atoms with Crippen LogP contribution in [0.15, 0.2) is 91.0 Å². The highest BCUT2D eigenvalue weighted by Gasteiger charge is 2.20. The Hall–Kier alpha value is -3.96. The van der Waals surface area contributed by atoms with Crippen molar-refractivity contribution in [3.8, 4) is 11.5 Å². The van der Waals surface area contributed by atoms with Crippen molar-refractivity contribution in [1.29, 1.82) is 0 Å². The van der Waals surface area contributed by atoms with Crippen LogP contribution >= 0.6 is 12.4 Å². The van der Waals surface area contributed by atoms with Crippen molar-refractivity contribution in [2.45, 2.75) is 38.9 Å². The fraction of sp³-hybridized carbons (Fsp3) is 0.265. The number of anilines is 2. The van der Waals surface area contributed by atoms with E-state index in [9.17, 15) is 17.6 Å². The highest BCUT2D eigenvalue weighted by molar-refractivity contribution is 7.92. The normalized spacial score (nSPS) is 13.9. The number of nitrogens with one attached hydrogen (secondary N) is 3. The smallest absolute Gasteiger partial charge is 0.255 e. The summed E-state index contributed by atoms with van der Waals surface area (Å²) in [6.45, 7) is 5.49. The molecular weight excluding hydrogens is 615 g/mol. The molecule has 11 heteroatoms. The minimum Gasteiger partial charge on any atom is -0.457 e. The van der Waals surface area contributed by atoms with E-state index in [1.165, 1.54) is 17.7 Å². The van der Waals surface area contributed by atoms with Crippen LogP contribution in [0.1, 0.15) is 39.9 Å². The van der Waals surface area contributed by atoms with E-state index in [-0.39, 0.29) is 24.1 Å². The first-order valence-corrected chi connectivity index (χ1v) is 16.5. The van der Waals surface area contributed by atoms with Crippen LogP contribution in [0, 0.1) is 12.7 Å². The number of piperidine rings is 1. The molecule has 0 spiro atoms. The first kappa shape index (κ1) is 33.9. The third kappa shape index (κ3) is 10.0. The lowest BCUT2D eigenvalue weighted by molar-refractivity contribution is 0.102. The summed E-state index contributed by atoms with van der Waals surface area (Å²) in [6, 6.07) is 26.7. The Balaban J connectivity index is 0.00000461. The maximum Gasteiger partial charge on any atom is 0.255 e. The Kier molecular flexibility index (Phi) is 11.6. The Labute approximate surface area is 270 Å². The van der Waals surface area contributed by atoms with E-state index in [1.807, 2.05) is 37.3 Å². The Morgan fingerprint density at radius 3 is 2.11 bits per heavy atom. The third-order valence-corrected chi connectivity index (χ3v) is 8.29.